The molecule has 5 heteroatoms. The number of fused-ring (bicyclic) bond motifs is 1. The zero-order valence-corrected chi connectivity index (χ0v) is 11.5. The first-order chi connectivity index (χ1) is 9.30. The van der Waals surface area contributed by atoms with Crippen molar-refractivity contribution in [2.45, 2.75) is 32.2 Å². The topological polar surface area (TPSA) is 65.6 Å². The van der Waals surface area contributed by atoms with Gasteiger partial charge in [-0.15, -0.1) is 0 Å². The standard InChI is InChI=1S/C14H21N5/c1-3-9-6-7-16-11(8-9)14-17-10-4-5-12(15-2)18-13(10)19-14/h4-5,9,11,16H,3,6-8H2,1-2H3,(H2,15,17,18,19). The highest BCUT2D eigenvalue weighted by Crippen LogP contribution is 2.28. The molecular formula is C14H21N5. The van der Waals surface area contributed by atoms with Gasteiger partial charge in [-0.2, -0.15) is 0 Å². The fourth-order valence-corrected chi connectivity index (χ4v) is 2.79. The predicted molar refractivity (Wildman–Crippen MR) is 77.2 cm³/mol. The smallest absolute Gasteiger partial charge is 0.179 e. The molecule has 1 saturated heterocycles. The zero-order chi connectivity index (χ0) is 13.2. The Morgan fingerprint density at radius 2 is 2.26 bits per heavy atom. The second-order valence-electron chi connectivity index (χ2n) is 5.25. The van der Waals surface area contributed by atoms with Crippen LogP contribution < -0.4 is 10.6 Å². The van der Waals surface area contributed by atoms with Gasteiger partial charge >= 0.3 is 0 Å². The lowest BCUT2D eigenvalue weighted by Gasteiger charge is -2.28. The molecular weight excluding hydrogens is 238 g/mol. The summed E-state index contributed by atoms with van der Waals surface area (Å²) in [5.74, 6) is 2.68. The van der Waals surface area contributed by atoms with Crippen molar-refractivity contribution in [3.05, 3.63) is 18.0 Å². The van der Waals surface area contributed by atoms with E-state index >= 15 is 0 Å². The lowest BCUT2D eigenvalue weighted by Crippen LogP contribution is -2.32. The molecule has 102 valence electrons. The second-order valence-corrected chi connectivity index (χ2v) is 5.25. The number of pyridine rings is 1. The molecule has 1 fully saturated rings. The van der Waals surface area contributed by atoms with E-state index in [-0.39, 0.29) is 0 Å². The minimum absolute atomic E-state index is 0.339. The molecule has 0 saturated carbocycles. The monoisotopic (exact) mass is 259 g/mol. The van der Waals surface area contributed by atoms with E-state index in [1.54, 1.807) is 0 Å². The minimum Gasteiger partial charge on any atom is -0.373 e. The molecule has 2 aromatic rings. The first-order valence-electron chi connectivity index (χ1n) is 7.08. The summed E-state index contributed by atoms with van der Waals surface area (Å²) in [4.78, 5) is 12.5. The Morgan fingerprint density at radius 3 is 3.05 bits per heavy atom. The van der Waals surface area contributed by atoms with Crippen LogP contribution in [0.4, 0.5) is 5.82 Å². The van der Waals surface area contributed by atoms with Crippen LogP contribution in [0.15, 0.2) is 12.1 Å². The van der Waals surface area contributed by atoms with Gasteiger partial charge in [0.25, 0.3) is 0 Å². The minimum atomic E-state index is 0.339. The maximum Gasteiger partial charge on any atom is 0.179 e. The van der Waals surface area contributed by atoms with Crippen LogP contribution >= 0.6 is 0 Å². The van der Waals surface area contributed by atoms with E-state index in [9.17, 15) is 0 Å². The normalized spacial score (nSPS) is 23.7. The summed E-state index contributed by atoms with van der Waals surface area (Å²) in [6.45, 7) is 3.35. The average Bonchev–Trinajstić information content (AvgIpc) is 2.90. The van der Waals surface area contributed by atoms with Gasteiger partial charge in [-0.25, -0.2) is 9.97 Å². The SMILES string of the molecule is CCC1CCNC(c2nc3nc(NC)ccc3[nH]2)C1. The van der Waals surface area contributed by atoms with E-state index in [1.807, 2.05) is 19.2 Å². The molecule has 1 aliphatic heterocycles. The third-order valence-electron chi connectivity index (χ3n) is 4.04. The fourth-order valence-electron chi connectivity index (χ4n) is 2.79. The van der Waals surface area contributed by atoms with Crippen LogP contribution in [0, 0.1) is 5.92 Å². The number of rotatable bonds is 3. The van der Waals surface area contributed by atoms with E-state index in [0.717, 1.165) is 41.7 Å². The van der Waals surface area contributed by atoms with Gasteiger partial charge in [0.1, 0.15) is 11.6 Å². The Balaban J connectivity index is 1.88. The van der Waals surface area contributed by atoms with Gasteiger partial charge in [0.05, 0.1) is 11.6 Å². The maximum atomic E-state index is 4.64. The number of anilines is 1. The van der Waals surface area contributed by atoms with Gasteiger partial charge in [0, 0.05) is 7.05 Å². The highest BCUT2D eigenvalue weighted by Gasteiger charge is 2.24. The second kappa shape index (κ2) is 5.17. The molecule has 3 rings (SSSR count). The van der Waals surface area contributed by atoms with Gasteiger partial charge in [0.15, 0.2) is 5.65 Å². The molecule has 3 N–H and O–H groups in total. The van der Waals surface area contributed by atoms with E-state index < -0.39 is 0 Å². The third kappa shape index (κ3) is 2.42. The predicted octanol–water partition coefficient (Wildman–Crippen LogP) is 2.45. The Bertz CT molecular complexity index is 562. The highest BCUT2D eigenvalue weighted by atomic mass is 15.1. The van der Waals surface area contributed by atoms with Crippen molar-refractivity contribution in [1.82, 2.24) is 20.3 Å². The largest absolute Gasteiger partial charge is 0.373 e. The molecule has 0 spiro atoms. The molecule has 5 nitrogen and oxygen atoms in total. The Hall–Kier alpha value is -1.62. The van der Waals surface area contributed by atoms with Crippen LogP contribution in [-0.2, 0) is 0 Å². The fraction of sp³-hybridized carbons (Fsp3) is 0.571. The first-order valence-corrected chi connectivity index (χ1v) is 7.08. The van der Waals surface area contributed by atoms with Crippen LogP contribution in [0.3, 0.4) is 0 Å². The summed E-state index contributed by atoms with van der Waals surface area (Å²) in [6, 6.07) is 4.34. The summed E-state index contributed by atoms with van der Waals surface area (Å²) < 4.78 is 0. The number of hydrogen-bond donors (Lipinski definition) is 3. The highest BCUT2D eigenvalue weighted by molar-refractivity contribution is 5.72. The number of H-pyrrole nitrogens is 1. The number of piperidine rings is 1. The van der Waals surface area contributed by atoms with Gasteiger partial charge in [-0.3, -0.25) is 0 Å². The van der Waals surface area contributed by atoms with Gasteiger partial charge < -0.3 is 15.6 Å². The molecule has 0 aliphatic carbocycles. The van der Waals surface area contributed by atoms with Gasteiger partial charge in [-0.1, -0.05) is 13.3 Å². The van der Waals surface area contributed by atoms with Crippen molar-refractivity contribution < 1.29 is 0 Å². The number of aromatic amines is 1. The van der Waals surface area contributed by atoms with Gasteiger partial charge in [-0.05, 0) is 37.4 Å². The molecule has 0 amide bonds. The van der Waals surface area contributed by atoms with Crippen LogP contribution in [0.25, 0.3) is 11.2 Å². The molecule has 0 bridgehead atoms. The Morgan fingerprint density at radius 1 is 1.37 bits per heavy atom. The van der Waals surface area contributed by atoms with Crippen LogP contribution in [0.1, 0.15) is 38.1 Å². The van der Waals surface area contributed by atoms with Crippen molar-refractivity contribution in [1.29, 1.82) is 0 Å². The quantitative estimate of drug-likeness (QED) is 0.792. The first kappa shape index (κ1) is 12.4. The van der Waals surface area contributed by atoms with Gasteiger partial charge in [0.2, 0.25) is 0 Å². The number of nitrogens with one attached hydrogen (secondary N) is 3. The van der Waals surface area contributed by atoms with E-state index in [0.29, 0.717) is 6.04 Å². The Kier molecular flexibility index (Phi) is 3.38. The summed E-state index contributed by atoms with van der Waals surface area (Å²) in [5, 5.41) is 6.60. The molecule has 0 aromatic carbocycles. The average molecular weight is 259 g/mol. The number of hydrogen-bond acceptors (Lipinski definition) is 4. The lowest BCUT2D eigenvalue weighted by molar-refractivity contribution is 0.292. The number of nitrogens with zero attached hydrogens (tertiary/aromatic N) is 2. The molecule has 1 aliphatic rings. The molecule has 0 radical (unpaired) electrons. The van der Waals surface area contributed by atoms with E-state index in [4.69, 9.17) is 0 Å². The van der Waals surface area contributed by atoms with Crippen LogP contribution in [-0.4, -0.2) is 28.5 Å². The molecule has 2 aromatic heterocycles. The summed E-state index contributed by atoms with van der Waals surface area (Å²) >= 11 is 0. The lowest BCUT2D eigenvalue weighted by atomic mass is 9.90. The summed E-state index contributed by atoms with van der Waals surface area (Å²) in [6.07, 6.45) is 3.69. The summed E-state index contributed by atoms with van der Waals surface area (Å²) in [7, 11) is 1.87. The van der Waals surface area contributed by atoms with E-state index in [2.05, 4.69) is 32.5 Å². The van der Waals surface area contributed by atoms with E-state index in [1.165, 1.54) is 12.8 Å². The van der Waals surface area contributed by atoms with Crippen molar-refractivity contribution >= 4 is 17.0 Å². The number of imidazole rings is 1. The number of aromatic nitrogens is 3. The third-order valence-corrected chi connectivity index (χ3v) is 4.04. The zero-order valence-electron chi connectivity index (χ0n) is 11.5. The molecule has 2 atom stereocenters. The van der Waals surface area contributed by atoms with Crippen molar-refractivity contribution in [3.63, 3.8) is 0 Å². The maximum absolute atomic E-state index is 4.64. The molecule has 19 heavy (non-hydrogen) atoms. The van der Waals surface area contributed by atoms with Crippen molar-refractivity contribution in [2.75, 3.05) is 18.9 Å². The summed E-state index contributed by atoms with van der Waals surface area (Å²) in [5.41, 5.74) is 1.80. The van der Waals surface area contributed by atoms with Crippen molar-refractivity contribution in [3.8, 4) is 0 Å². The van der Waals surface area contributed by atoms with Crippen LogP contribution in [0.2, 0.25) is 0 Å². The van der Waals surface area contributed by atoms with Crippen LogP contribution in [0.5, 0.6) is 0 Å². The molecule has 2 unspecified atom stereocenters. The molecule has 3 heterocycles. The van der Waals surface area contributed by atoms with Crippen molar-refractivity contribution in [2.24, 2.45) is 5.92 Å². The Labute approximate surface area is 113 Å².